The van der Waals surface area contributed by atoms with Gasteiger partial charge in [-0.2, -0.15) is 0 Å². The zero-order chi connectivity index (χ0) is 20.7. The summed E-state index contributed by atoms with van der Waals surface area (Å²) in [5, 5.41) is 23.7. The van der Waals surface area contributed by atoms with Crippen LogP contribution in [0.2, 0.25) is 0 Å². The Labute approximate surface area is 173 Å². The lowest BCUT2D eigenvalue weighted by Gasteiger charge is -2.12. The van der Waals surface area contributed by atoms with Gasteiger partial charge in [0, 0.05) is 40.6 Å². The maximum absolute atomic E-state index is 9.72. The van der Waals surface area contributed by atoms with E-state index < -0.39 is 7.12 Å². The number of rotatable bonds is 5. The van der Waals surface area contributed by atoms with Crippen molar-refractivity contribution in [3.05, 3.63) is 65.5 Å². The highest BCUT2D eigenvalue weighted by molar-refractivity contribution is 6.61. The fourth-order valence-electron chi connectivity index (χ4n) is 3.95. The fraction of sp³-hybridized carbons (Fsp3) is 0.182. The Hall–Kier alpha value is -3.36. The van der Waals surface area contributed by atoms with Crippen LogP contribution < -0.4 is 15.5 Å². The topological polar surface area (TPSA) is 103 Å². The Morgan fingerprint density at radius 3 is 2.73 bits per heavy atom. The Morgan fingerprint density at radius 2 is 1.93 bits per heavy atom. The van der Waals surface area contributed by atoms with Crippen molar-refractivity contribution >= 4 is 29.3 Å². The van der Waals surface area contributed by atoms with Crippen LogP contribution in [0.1, 0.15) is 17.0 Å². The number of nitrogens with one attached hydrogen (secondary N) is 2. The molecule has 0 aliphatic carbocycles. The summed E-state index contributed by atoms with van der Waals surface area (Å²) in [7, 11) is -1.56. The number of aromatic nitrogens is 3. The van der Waals surface area contributed by atoms with Crippen LogP contribution in [0.5, 0.6) is 5.75 Å². The molecule has 0 unspecified atom stereocenters. The Kier molecular flexibility index (Phi) is 4.65. The van der Waals surface area contributed by atoms with Gasteiger partial charge in [-0.25, -0.2) is 9.97 Å². The van der Waals surface area contributed by atoms with Gasteiger partial charge >= 0.3 is 7.12 Å². The lowest BCUT2D eigenvalue weighted by atomic mass is 9.79. The van der Waals surface area contributed by atoms with Gasteiger partial charge in [0.2, 0.25) is 0 Å². The smallest absolute Gasteiger partial charge is 0.487 e. The van der Waals surface area contributed by atoms with Crippen LogP contribution in [0, 0.1) is 6.92 Å². The Bertz CT molecular complexity index is 1220. The molecule has 0 bridgehead atoms. The number of benzene rings is 2. The number of hydrogen-bond donors (Lipinski definition) is 4. The van der Waals surface area contributed by atoms with Gasteiger partial charge in [-0.3, -0.25) is 0 Å². The van der Waals surface area contributed by atoms with E-state index in [0.29, 0.717) is 41.5 Å². The molecular weight excluding hydrogens is 379 g/mol. The van der Waals surface area contributed by atoms with Crippen molar-refractivity contribution in [1.29, 1.82) is 0 Å². The molecule has 0 amide bonds. The van der Waals surface area contributed by atoms with E-state index in [1.54, 1.807) is 12.1 Å². The summed E-state index contributed by atoms with van der Waals surface area (Å²) in [4.78, 5) is 12.8. The second kappa shape index (κ2) is 7.48. The summed E-state index contributed by atoms with van der Waals surface area (Å²) >= 11 is 0. The van der Waals surface area contributed by atoms with Crippen LogP contribution in [0.3, 0.4) is 0 Å². The monoisotopic (exact) mass is 400 g/mol. The standard InChI is InChI=1S/C22H21BN4O3/c1-13-18(15-8-5-9-16(23(28)29)19(15)25-13)21-26-17-10-11-30-20(17)22(27-21)24-12-14-6-3-2-4-7-14/h2-9,25,28-29H,10-12H2,1H3,(H,24,26,27). The number of H-pyrrole nitrogens is 1. The van der Waals surface area contributed by atoms with Gasteiger partial charge in [0.1, 0.15) is 0 Å². The van der Waals surface area contributed by atoms with Crippen LogP contribution in [-0.4, -0.2) is 38.7 Å². The predicted octanol–water partition coefficient (Wildman–Crippen LogP) is 2.16. The molecule has 1 aliphatic rings. The van der Waals surface area contributed by atoms with Crippen molar-refractivity contribution in [2.24, 2.45) is 0 Å². The molecule has 0 atom stereocenters. The summed E-state index contributed by atoms with van der Waals surface area (Å²) in [6, 6.07) is 15.5. The zero-order valence-corrected chi connectivity index (χ0v) is 16.5. The second-order valence-electron chi connectivity index (χ2n) is 7.38. The van der Waals surface area contributed by atoms with Gasteiger partial charge in [0.15, 0.2) is 17.4 Å². The fourth-order valence-corrected chi connectivity index (χ4v) is 3.95. The maximum atomic E-state index is 9.72. The molecular formula is C22H21BN4O3. The minimum atomic E-state index is -1.56. The zero-order valence-electron chi connectivity index (χ0n) is 16.5. The van der Waals surface area contributed by atoms with Crippen molar-refractivity contribution in [2.45, 2.75) is 19.9 Å². The van der Waals surface area contributed by atoms with Crippen LogP contribution >= 0.6 is 0 Å². The quantitative estimate of drug-likeness (QED) is 0.383. The second-order valence-corrected chi connectivity index (χ2v) is 7.38. The lowest BCUT2D eigenvalue weighted by molar-refractivity contribution is 0.357. The Balaban J connectivity index is 1.60. The summed E-state index contributed by atoms with van der Waals surface area (Å²) in [5.41, 5.74) is 4.85. The first kappa shape index (κ1) is 18.7. The molecule has 2 aromatic carbocycles. The van der Waals surface area contributed by atoms with E-state index in [1.807, 2.05) is 31.2 Å². The average molecular weight is 400 g/mol. The number of anilines is 1. The normalized spacial score (nSPS) is 12.6. The number of aryl methyl sites for hydroxylation is 1. The van der Waals surface area contributed by atoms with Crippen LogP contribution in [-0.2, 0) is 13.0 Å². The molecule has 0 spiro atoms. The Morgan fingerprint density at radius 1 is 1.10 bits per heavy atom. The highest BCUT2D eigenvalue weighted by atomic mass is 16.5. The van der Waals surface area contributed by atoms with Gasteiger partial charge in [-0.1, -0.05) is 48.5 Å². The SMILES string of the molecule is Cc1[nH]c2c(B(O)O)cccc2c1-c1nc2c(c(NCc3ccccc3)n1)OCC2. The van der Waals surface area contributed by atoms with Crippen LogP contribution in [0.25, 0.3) is 22.3 Å². The third-order valence-corrected chi connectivity index (χ3v) is 5.38. The highest BCUT2D eigenvalue weighted by Gasteiger charge is 2.25. The molecule has 1 aliphatic heterocycles. The first-order valence-corrected chi connectivity index (χ1v) is 9.91. The van der Waals surface area contributed by atoms with Gasteiger partial charge in [-0.15, -0.1) is 0 Å². The van der Waals surface area contributed by atoms with Crippen LogP contribution in [0.15, 0.2) is 48.5 Å². The minimum absolute atomic E-state index is 0.425. The number of para-hydroxylation sites is 1. The molecule has 2 aromatic heterocycles. The van der Waals surface area contributed by atoms with Gasteiger partial charge in [0.25, 0.3) is 0 Å². The van der Waals surface area contributed by atoms with E-state index in [4.69, 9.17) is 14.7 Å². The molecule has 8 heteroatoms. The molecule has 0 saturated carbocycles. The van der Waals surface area contributed by atoms with E-state index in [-0.39, 0.29) is 0 Å². The molecule has 4 N–H and O–H groups in total. The van der Waals surface area contributed by atoms with Gasteiger partial charge < -0.3 is 25.1 Å². The van der Waals surface area contributed by atoms with E-state index >= 15 is 0 Å². The number of hydrogen-bond acceptors (Lipinski definition) is 6. The van der Waals surface area contributed by atoms with Crippen molar-refractivity contribution in [3.8, 4) is 17.1 Å². The summed E-state index contributed by atoms with van der Waals surface area (Å²) < 4.78 is 5.80. The number of nitrogens with zero attached hydrogens (tertiary/aromatic N) is 2. The summed E-state index contributed by atoms with van der Waals surface area (Å²) in [6.07, 6.45) is 0.729. The number of fused-ring (bicyclic) bond motifs is 2. The third-order valence-electron chi connectivity index (χ3n) is 5.38. The van der Waals surface area contributed by atoms with Crippen molar-refractivity contribution in [1.82, 2.24) is 15.0 Å². The minimum Gasteiger partial charge on any atom is -0.487 e. The summed E-state index contributed by atoms with van der Waals surface area (Å²) in [5.74, 6) is 1.96. The molecule has 0 saturated heterocycles. The molecule has 3 heterocycles. The number of ether oxygens (including phenoxy) is 1. The van der Waals surface area contributed by atoms with Crippen molar-refractivity contribution < 1.29 is 14.8 Å². The molecule has 150 valence electrons. The molecule has 0 fully saturated rings. The molecule has 5 rings (SSSR count). The molecule has 0 radical (unpaired) electrons. The van der Waals surface area contributed by atoms with Gasteiger partial charge in [-0.05, 0) is 12.5 Å². The van der Waals surface area contributed by atoms with E-state index in [9.17, 15) is 10.0 Å². The van der Waals surface area contributed by atoms with E-state index in [2.05, 4.69) is 22.4 Å². The van der Waals surface area contributed by atoms with Crippen molar-refractivity contribution in [2.75, 3.05) is 11.9 Å². The molecule has 4 aromatic rings. The highest BCUT2D eigenvalue weighted by Crippen LogP contribution is 2.36. The molecule has 7 nitrogen and oxygen atoms in total. The largest absolute Gasteiger partial charge is 0.490 e. The first-order chi connectivity index (χ1) is 14.6. The predicted molar refractivity (Wildman–Crippen MR) is 117 cm³/mol. The van der Waals surface area contributed by atoms with E-state index in [1.165, 1.54) is 0 Å². The first-order valence-electron chi connectivity index (χ1n) is 9.91. The summed E-state index contributed by atoms with van der Waals surface area (Å²) in [6.45, 7) is 3.15. The van der Waals surface area contributed by atoms with E-state index in [0.717, 1.165) is 34.3 Å². The van der Waals surface area contributed by atoms with Crippen LogP contribution in [0.4, 0.5) is 5.82 Å². The average Bonchev–Trinajstić information content (AvgIpc) is 3.35. The van der Waals surface area contributed by atoms with Crippen molar-refractivity contribution in [3.63, 3.8) is 0 Å². The third kappa shape index (κ3) is 3.20. The van der Waals surface area contributed by atoms with Gasteiger partial charge in [0.05, 0.1) is 12.3 Å². The number of aromatic amines is 1. The lowest BCUT2D eigenvalue weighted by Crippen LogP contribution is -2.30. The molecule has 30 heavy (non-hydrogen) atoms. The maximum Gasteiger partial charge on any atom is 0.490 e.